The summed E-state index contributed by atoms with van der Waals surface area (Å²) in [5, 5.41) is 0. The van der Waals surface area contributed by atoms with Crippen LogP contribution in [0.1, 0.15) is 254 Å². The second-order valence-corrected chi connectivity index (χ2v) is 41.9. The number of alkyl halides is 1. The Balaban J connectivity index is 0.000000177. The first-order chi connectivity index (χ1) is 61.6. The Kier molecular flexibility index (Phi) is 33.6. The number of esters is 3. The van der Waals surface area contributed by atoms with Crippen molar-refractivity contribution in [2.24, 2.45) is 75.4 Å². The molecule has 27 nitrogen and oxygen atoms in total. The molecule has 9 heterocycles. The molecule has 0 unspecified atom stereocenters. The Morgan fingerprint density at radius 2 is 0.795 bits per heavy atom. The van der Waals surface area contributed by atoms with Gasteiger partial charge in [-0.2, -0.15) is 0 Å². The molecule has 3 saturated heterocycles. The van der Waals surface area contributed by atoms with Gasteiger partial charge in [-0.15, -0.1) is 0 Å². The predicted octanol–water partition coefficient (Wildman–Crippen LogP) is 15.8. The number of nitrogens with zero attached hydrogens (tertiary/aromatic N) is 9. The van der Waals surface area contributed by atoms with Crippen LogP contribution in [0.4, 0.5) is 4.39 Å². The van der Waals surface area contributed by atoms with Gasteiger partial charge < -0.3 is 71.7 Å². The zero-order valence-electron chi connectivity index (χ0n) is 79.1. The van der Waals surface area contributed by atoms with Gasteiger partial charge in [0.1, 0.15) is 76.1 Å². The summed E-state index contributed by atoms with van der Waals surface area (Å²) in [6.45, 7) is 21.5. The number of methoxy groups -OCH3 is 3. The number of fused-ring (bicyclic) bond motifs is 15. The van der Waals surface area contributed by atoms with Gasteiger partial charge in [-0.05, 0) is 178 Å². The summed E-state index contributed by atoms with van der Waals surface area (Å²) >= 11 is 0. The van der Waals surface area contributed by atoms with Crippen molar-refractivity contribution < 1.29 is 146 Å². The van der Waals surface area contributed by atoms with Crippen LogP contribution < -0.4 is 28.4 Å². The minimum absolute atomic E-state index is 0. The van der Waals surface area contributed by atoms with Gasteiger partial charge in [-0.25, -0.2) is 53.2 Å². The fraction of sp³-hybridized carbons (Fsp3) is 0.673. The number of hydrogen-bond donors (Lipinski definition) is 0. The molecule has 6 aromatic rings. The summed E-state index contributed by atoms with van der Waals surface area (Å²) in [5.74, 6) is 0.703. The van der Waals surface area contributed by atoms with Gasteiger partial charge in [0, 0.05) is 85.7 Å². The molecule has 6 bridgehead atoms. The fourth-order valence-corrected chi connectivity index (χ4v) is 20.7. The van der Waals surface area contributed by atoms with Gasteiger partial charge in [0.25, 0.3) is 0 Å². The van der Waals surface area contributed by atoms with Crippen LogP contribution >= 0.6 is 0 Å². The Bertz CT molecular complexity index is 5140. The average molecular weight is 1930 g/mol. The zero-order chi connectivity index (χ0) is 91.8. The number of carbonyl (C=O) groups is 6. The van der Waals surface area contributed by atoms with Gasteiger partial charge in [0.05, 0.1) is 111 Å². The third-order valence-corrected chi connectivity index (χ3v) is 29.3. The summed E-state index contributed by atoms with van der Waals surface area (Å²) < 4.78 is 69.5. The molecule has 713 valence electrons. The van der Waals surface area contributed by atoms with E-state index in [9.17, 15) is 43.2 Å². The first-order valence-electron chi connectivity index (χ1n) is 47.5. The van der Waals surface area contributed by atoms with E-state index in [1.165, 1.54) is 25.7 Å². The first kappa shape index (κ1) is 103. The Morgan fingerprint density at radius 3 is 1.18 bits per heavy atom. The Labute approximate surface area is 811 Å². The van der Waals surface area contributed by atoms with Crippen LogP contribution in [0.5, 0.6) is 34.9 Å². The Hall–Kier alpha value is -8.01. The van der Waals surface area contributed by atoms with E-state index < -0.39 is 88.5 Å². The Morgan fingerprint density at radius 1 is 0.432 bits per heavy atom. The molecule has 5 saturated carbocycles. The normalized spacial score (nSPS) is 30.2. The van der Waals surface area contributed by atoms with Crippen molar-refractivity contribution in [2.75, 3.05) is 41.0 Å². The summed E-state index contributed by atoms with van der Waals surface area (Å²) in [5.41, 5.74) is 3.81. The molecule has 3 radical (unpaired) electrons. The predicted molar refractivity (Wildman–Crippen MR) is 479 cm³/mol. The van der Waals surface area contributed by atoms with Crippen LogP contribution in [0, 0.1) is 75.4 Å². The number of carbonyl (C=O) groups excluding carboxylic acids is 9. The van der Waals surface area contributed by atoms with E-state index in [1.807, 2.05) is 119 Å². The third-order valence-electron chi connectivity index (χ3n) is 29.3. The monoisotopic (exact) mass is 1930 g/mol. The number of ether oxygens (including phenoxy) is 9. The minimum atomic E-state index is -1.82. The summed E-state index contributed by atoms with van der Waals surface area (Å²) in [7, 11) is 4.79. The van der Waals surface area contributed by atoms with Gasteiger partial charge in [-0.1, -0.05) is 159 Å². The van der Waals surface area contributed by atoms with Crippen molar-refractivity contribution in [1.29, 1.82) is 0 Å². The summed E-state index contributed by atoms with van der Waals surface area (Å²) in [4.78, 5) is 152. The molecular weight excluding hydrogens is 1800 g/mol. The number of aromatic nitrogens is 6. The number of aryl methyl sites for hydroxylation is 3. The smallest absolute Gasteiger partial charge is 0.307 e. The molecule has 0 spiro atoms. The average Bonchev–Trinajstić information content (AvgIpc) is 1.59. The number of benzene rings is 3. The van der Waals surface area contributed by atoms with Gasteiger partial charge in [0.2, 0.25) is 35.4 Å². The summed E-state index contributed by atoms with van der Waals surface area (Å²) in [6.07, 6.45) is 25.5. The first-order valence-corrected chi connectivity index (χ1v) is 47.5. The topological polar surface area (TPSA) is 324 Å². The second kappa shape index (κ2) is 43.1. The maximum atomic E-state index is 15.7. The van der Waals surface area contributed by atoms with Crippen molar-refractivity contribution in [1.82, 2.24) is 44.6 Å². The van der Waals surface area contributed by atoms with Crippen molar-refractivity contribution in [3.8, 4) is 34.9 Å². The SMILES string of the molecule is CC[C@@H]1[C@@H]2CN(C(=O)[C@H](C(C)(C)C)CC(=O)O[C@]3(CC4CC4)C[C@H]3CCCCCc3nc4ccc(OC)cc4nc3O2)[C@@H]1[C-]=O.COc1ccc2nc3c(nc2c1)O[C@H]1CN(C(=O)[C@H](C(C)(C)C)CC(=O)O[C@@H]2C[C@H]2CCCCC3)[C@H]([C-]=O)[C@@H]1F.COc1ccc2nc3c(nc2c1)O[C@H]1CN(C(=O)[C@H](C(C)(C)C)CC(=O)O[C@]2(CC4CC4)C[C@H]2CCCCC3)[C@H]([C-]=O)[C@@H]1C.[V].[V].[V]. The van der Waals surface area contributed by atoms with E-state index >= 15 is 4.39 Å². The molecule has 6 aliphatic heterocycles. The van der Waals surface area contributed by atoms with Crippen LogP contribution in [-0.2, 0) is 132 Å². The van der Waals surface area contributed by atoms with Crippen molar-refractivity contribution in [3.63, 3.8) is 0 Å². The van der Waals surface area contributed by atoms with Crippen LogP contribution in [0.25, 0.3) is 33.1 Å². The van der Waals surface area contributed by atoms with Crippen LogP contribution in [-0.4, -0.2) is 200 Å². The van der Waals surface area contributed by atoms with Crippen molar-refractivity contribution in [2.45, 2.75) is 316 Å². The molecule has 132 heavy (non-hydrogen) atoms. The van der Waals surface area contributed by atoms with Crippen LogP contribution in [0.3, 0.4) is 0 Å². The van der Waals surface area contributed by atoms with E-state index in [0.29, 0.717) is 112 Å². The van der Waals surface area contributed by atoms with Gasteiger partial charge in [-0.3, -0.25) is 28.8 Å². The molecule has 5 aliphatic carbocycles. The quantitative estimate of drug-likeness (QED) is 0.0660. The third kappa shape index (κ3) is 24.0. The zero-order valence-corrected chi connectivity index (χ0v) is 83.3. The van der Waals surface area contributed by atoms with Gasteiger partial charge in [0.15, 0.2) is 0 Å². The molecule has 3 aromatic carbocycles. The molecule has 31 heteroatoms. The van der Waals surface area contributed by atoms with E-state index in [0.717, 1.165) is 136 Å². The molecule has 8 fully saturated rings. The molecule has 3 amide bonds. The molecule has 0 N–H and O–H groups in total. The number of halogens is 1. The van der Waals surface area contributed by atoms with E-state index in [4.69, 9.17) is 67.6 Å². The number of rotatable bonds is 11. The van der Waals surface area contributed by atoms with Crippen LogP contribution in [0.15, 0.2) is 54.6 Å². The van der Waals surface area contributed by atoms with Crippen LogP contribution in [0.2, 0.25) is 0 Å². The fourth-order valence-electron chi connectivity index (χ4n) is 20.7. The maximum Gasteiger partial charge on any atom is 0.307 e. The number of hydrogen-bond acceptors (Lipinski definition) is 24. The molecular formula is C101H131FN9O18V3-3. The summed E-state index contributed by atoms with van der Waals surface area (Å²) in [6, 6.07) is 13.6. The maximum absolute atomic E-state index is 15.7. The van der Waals surface area contributed by atoms with Crippen molar-refractivity contribution >= 4 is 87.6 Å². The number of amides is 3. The molecule has 17 rings (SSSR count). The molecule has 18 atom stereocenters. The largest absolute Gasteiger partial charge is 0.540 e. The second-order valence-electron chi connectivity index (χ2n) is 41.9. The van der Waals surface area contributed by atoms with E-state index in [2.05, 4.69) is 17.6 Å². The van der Waals surface area contributed by atoms with Crippen molar-refractivity contribution in [3.05, 3.63) is 71.7 Å². The van der Waals surface area contributed by atoms with E-state index in [1.54, 1.807) is 49.5 Å². The molecule has 3 aromatic heterocycles. The van der Waals surface area contributed by atoms with Gasteiger partial charge >= 0.3 is 17.9 Å². The minimum Gasteiger partial charge on any atom is -0.540 e. The standard InChI is InChI=1S/C36H48N3O6.C35H46N3O6.C30H37FN3O6.3V/c1-6-25-30(21-40)39-20-31(25)44-33-28(37-27-15-14-24(43-5)16-29(27)38-33)11-9-7-8-10-23-19-36(23,18-22-12-13-22)45-32(41)17-26(34(39)42)35(2,3)4;1-21-29(20-39)38-19-30(21)43-32-27(36-26-14-13-24(42-5)15-28(26)37-32)10-8-6-7-9-23-18-35(23,17-22-11-12-22)44-31(40)16-25(33(38)41)34(2,3)4;1-30(2,3)19-14-26(36)39-24-12-17(24)8-6-5-7-9-21-28(33-22-13-18(38-4)10-11-20(22)32-21)40-25-15-34(29(19)37)23(16-35)27(25)31;;;/h14-16,22-23,25-26,30-31H,6-13,17-20H2,1-5H3;13-15,21-23,25,29-30H,6-12,16-19H2,1-5H3;10-11,13,17,19,23-25,27H,5-9,12,14-15H2,1-4H3;;;/q3*-1;;;/t23-,25+,26-,30-,31+,36-;21-,23+,25+,29+,30-,35+;17-,19-,23-,24-,25+,27+;;;/m101.../s1. The molecule has 11 aliphatic rings. The van der Waals surface area contributed by atoms with E-state index in [-0.39, 0.29) is 153 Å².